The number of aliphatic hydroxyl groups is 1. The van der Waals surface area contributed by atoms with Crippen LogP contribution in [0.25, 0.3) is 16.9 Å². The van der Waals surface area contributed by atoms with Gasteiger partial charge >= 0.3 is 0 Å². The predicted molar refractivity (Wildman–Crippen MR) is 107 cm³/mol. The fourth-order valence-corrected chi connectivity index (χ4v) is 3.56. The Bertz CT molecular complexity index is 1000. The minimum Gasteiger partial charge on any atom is -0.396 e. The van der Waals surface area contributed by atoms with Crippen LogP contribution in [0.4, 0.5) is 0 Å². The number of benzene rings is 2. The largest absolute Gasteiger partial charge is 0.396 e. The molecule has 0 saturated heterocycles. The smallest absolute Gasteiger partial charge is 0.175 e. The van der Waals surface area contributed by atoms with Crippen molar-refractivity contribution in [2.24, 2.45) is 0 Å². The molecule has 6 heteroatoms. The maximum absolute atomic E-state index is 11.7. The Labute approximate surface area is 160 Å². The van der Waals surface area contributed by atoms with Crippen molar-refractivity contribution in [1.82, 2.24) is 9.78 Å². The Kier molecular flexibility index (Phi) is 5.77. The van der Waals surface area contributed by atoms with E-state index in [0.717, 1.165) is 41.9 Å². The van der Waals surface area contributed by atoms with Crippen LogP contribution in [0, 0.1) is 6.92 Å². The van der Waals surface area contributed by atoms with Gasteiger partial charge < -0.3 is 5.11 Å². The highest BCUT2D eigenvalue weighted by Crippen LogP contribution is 2.26. The first-order valence-corrected chi connectivity index (χ1v) is 10.8. The Balaban J connectivity index is 2.02. The normalized spacial score (nSPS) is 11.7. The SMILES string of the molecule is Cc1ccc(-n2nc(CCCCO)cc2-c2ccc(S(C)(=O)=O)cc2)cc1. The summed E-state index contributed by atoms with van der Waals surface area (Å²) in [5.74, 6) is 0. The van der Waals surface area contributed by atoms with Crippen molar-refractivity contribution in [3.05, 3.63) is 65.9 Å². The molecule has 27 heavy (non-hydrogen) atoms. The summed E-state index contributed by atoms with van der Waals surface area (Å²) in [5.41, 5.74) is 4.90. The van der Waals surface area contributed by atoms with Gasteiger partial charge in [-0.25, -0.2) is 13.1 Å². The van der Waals surface area contributed by atoms with Crippen molar-refractivity contribution in [3.8, 4) is 16.9 Å². The van der Waals surface area contributed by atoms with Gasteiger partial charge in [0, 0.05) is 18.4 Å². The standard InChI is InChI=1S/C21H24N2O3S/c1-16-6-10-19(11-7-16)23-21(15-18(22-23)5-3-4-14-24)17-8-12-20(13-9-17)27(2,25)26/h6-13,15,24H,3-5,14H2,1-2H3. The van der Waals surface area contributed by atoms with Gasteiger partial charge in [-0.3, -0.25) is 0 Å². The van der Waals surface area contributed by atoms with Crippen molar-refractivity contribution in [2.75, 3.05) is 12.9 Å². The molecular formula is C21H24N2O3S. The molecule has 1 heterocycles. The second kappa shape index (κ2) is 8.06. The van der Waals surface area contributed by atoms with E-state index in [1.54, 1.807) is 12.1 Å². The third-order valence-corrected chi connectivity index (χ3v) is 5.59. The van der Waals surface area contributed by atoms with Gasteiger partial charge in [-0.15, -0.1) is 0 Å². The highest BCUT2D eigenvalue weighted by atomic mass is 32.2. The lowest BCUT2D eigenvalue weighted by Crippen LogP contribution is -2.01. The van der Waals surface area contributed by atoms with E-state index in [9.17, 15) is 8.42 Å². The third kappa shape index (κ3) is 4.64. The van der Waals surface area contributed by atoms with Crippen LogP contribution >= 0.6 is 0 Å². The Hall–Kier alpha value is -2.44. The van der Waals surface area contributed by atoms with Crippen LogP contribution in [0.15, 0.2) is 59.5 Å². The summed E-state index contributed by atoms with van der Waals surface area (Å²) in [7, 11) is -3.22. The van der Waals surface area contributed by atoms with Crippen LogP contribution in [-0.2, 0) is 16.3 Å². The topological polar surface area (TPSA) is 72.2 Å². The second-order valence-corrected chi connectivity index (χ2v) is 8.76. The van der Waals surface area contributed by atoms with Gasteiger partial charge in [0.25, 0.3) is 0 Å². The van der Waals surface area contributed by atoms with Crippen molar-refractivity contribution in [3.63, 3.8) is 0 Å². The van der Waals surface area contributed by atoms with E-state index >= 15 is 0 Å². The third-order valence-electron chi connectivity index (χ3n) is 4.46. The van der Waals surface area contributed by atoms with E-state index in [1.807, 2.05) is 54.1 Å². The van der Waals surface area contributed by atoms with Crippen LogP contribution in [0.1, 0.15) is 24.1 Å². The number of aromatic nitrogens is 2. The molecule has 0 aliphatic heterocycles. The Morgan fingerprint density at radius 2 is 1.67 bits per heavy atom. The molecule has 142 valence electrons. The molecule has 3 rings (SSSR count). The number of rotatable bonds is 7. The maximum Gasteiger partial charge on any atom is 0.175 e. The monoisotopic (exact) mass is 384 g/mol. The molecular weight excluding hydrogens is 360 g/mol. The molecule has 2 aromatic carbocycles. The minimum absolute atomic E-state index is 0.179. The lowest BCUT2D eigenvalue weighted by atomic mass is 10.1. The fraction of sp³-hybridized carbons (Fsp3) is 0.286. The number of unbranched alkanes of at least 4 members (excludes halogenated alkanes) is 1. The molecule has 3 aromatic rings. The summed E-state index contributed by atoms with van der Waals surface area (Å²) in [4.78, 5) is 0.302. The predicted octanol–water partition coefficient (Wildman–Crippen LogP) is 3.57. The number of aryl methyl sites for hydroxylation is 2. The summed E-state index contributed by atoms with van der Waals surface area (Å²) in [6.07, 6.45) is 3.61. The van der Waals surface area contributed by atoms with Gasteiger partial charge in [0.2, 0.25) is 0 Å². The lowest BCUT2D eigenvalue weighted by Gasteiger charge is -2.08. The van der Waals surface area contributed by atoms with E-state index in [1.165, 1.54) is 11.8 Å². The molecule has 0 fully saturated rings. The quantitative estimate of drug-likeness (QED) is 0.632. The highest BCUT2D eigenvalue weighted by Gasteiger charge is 2.13. The molecule has 0 amide bonds. The number of hydrogen-bond acceptors (Lipinski definition) is 4. The number of aliphatic hydroxyl groups excluding tert-OH is 1. The van der Waals surface area contributed by atoms with E-state index < -0.39 is 9.84 Å². The molecule has 0 atom stereocenters. The first-order chi connectivity index (χ1) is 12.9. The average molecular weight is 385 g/mol. The molecule has 0 aliphatic rings. The summed E-state index contributed by atoms with van der Waals surface area (Å²) in [6.45, 7) is 2.22. The molecule has 0 aliphatic carbocycles. The average Bonchev–Trinajstić information content (AvgIpc) is 3.06. The fourth-order valence-electron chi connectivity index (χ4n) is 2.93. The molecule has 5 nitrogen and oxygen atoms in total. The summed E-state index contributed by atoms with van der Waals surface area (Å²) < 4.78 is 25.3. The minimum atomic E-state index is -3.22. The van der Waals surface area contributed by atoms with Crippen molar-refractivity contribution >= 4 is 9.84 Å². The summed E-state index contributed by atoms with van der Waals surface area (Å²) >= 11 is 0. The zero-order chi connectivity index (χ0) is 19.4. The zero-order valence-electron chi connectivity index (χ0n) is 15.6. The number of sulfone groups is 1. The first kappa shape index (κ1) is 19.3. The Morgan fingerprint density at radius 3 is 2.26 bits per heavy atom. The molecule has 0 spiro atoms. The number of nitrogens with zero attached hydrogens (tertiary/aromatic N) is 2. The zero-order valence-corrected chi connectivity index (χ0v) is 16.4. The second-order valence-electron chi connectivity index (χ2n) is 6.75. The van der Waals surface area contributed by atoms with E-state index in [4.69, 9.17) is 10.2 Å². The summed E-state index contributed by atoms with van der Waals surface area (Å²) in [6, 6.07) is 17.0. The van der Waals surface area contributed by atoms with Crippen LogP contribution in [0.5, 0.6) is 0 Å². The van der Waals surface area contributed by atoms with Crippen LogP contribution in [0.2, 0.25) is 0 Å². The molecule has 0 radical (unpaired) electrons. The lowest BCUT2D eigenvalue weighted by molar-refractivity contribution is 0.284. The Morgan fingerprint density at radius 1 is 1.00 bits per heavy atom. The van der Waals surface area contributed by atoms with Gasteiger partial charge in [0.15, 0.2) is 9.84 Å². The van der Waals surface area contributed by atoms with Crippen LogP contribution < -0.4 is 0 Å². The van der Waals surface area contributed by atoms with Crippen molar-refractivity contribution in [1.29, 1.82) is 0 Å². The van der Waals surface area contributed by atoms with Crippen LogP contribution in [-0.4, -0.2) is 36.2 Å². The first-order valence-electron chi connectivity index (χ1n) is 8.96. The van der Waals surface area contributed by atoms with E-state index in [2.05, 4.69) is 0 Å². The van der Waals surface area contributed by atoms with Crippen LogP contribution in [0.3, 0.4) is 0 Å². The van der Waals surface area contributed by atoms with Gasteiger partial charge in [-0.2, -0.15) is 5.10 Å². The number of hydrogen-bond donors (Lipinski definition) is 1. The summed E-state index contributed by atoms with van der Waals surface area (Å²) in [5, 5.41) is 13.7. The molecule has 1 N–H and O–H groups in total. The van der Waals surface area contributed by atoms with E-state index in [-0.39, 0.29) is 6.61 Å². The van der Waals surface area contributed by atoms with Crippen molar-refractivity contribution in [2.45, 2.75) is 31.1 Å². The highest BCUT2D eigenvalue weighted by molar-refractivity contribution is 7.90. The van der Waals surface area contributed by atoms with Gasteiger partial charge in [0.1, 0.15) is 0 Å². The molecule has 0 saturated carbocycles. The van der Waals surface area contributed by atoms with E-state index in [0.29, 0.717) is 4.90 Å². The molecule has 1 aromatic heterocycles. The van der Waals surface area contributed by atoms with Gasteiger partial charge in [-0.05, 0) is 56.5 Å². The van der Waals surface area contributed by atoms with Crippen molar-refractivity contribution < 1.29 is 13.5 Å². The van der Waals surface area contributed by atoms with Gasteiger partial charge in [-0.1, -0.05) is 29.8 Å². The molecule has 0 bridgehead atoms. The maximum atomic E-state index is 11.7. The van der Waals surface area contributed by atoms with Gasteiger partial charge in [0.05, 0.1) is 22.0 Å². The molecule has 0 unspecified atom stereocenters.